The second kappa shape index (κ2) is 9.68. The number of benzene rings is 2. The molecule has 0 aliphatic carbocycles. The smallest absolute Gasteiger partial charge is 0.213 e. The van der Waals surface area contributed by atoms with Gasteiger partial charge in [-0.2, -0.15) is 16.7 Å². The molecule has 0 N–H and O–H groups in total. The molecule has 0 saturated carbocycles. The molecule has 2 aliphatic heterocycles. The third-order valence-electron chi connectivity index (χ3n) is 6.53. The molecular formula is C23H21ClF2N2O5S2. The van der Waals surface area contributed by atoms with Crippen LogP contribution in [-0.4, -0.2) is 43.6 Å². The average Bonchev–Trinajstić information content (AvgIpc) is 3.37. The highest BCUT2D eigenvalue weighted by Gasteiger charge is 2.61. The largest absolute Gasteiger partial charge is 0.490 e. The van der Waals surface area contributed by atoms with E-state index in [0.29, 0.717) is 28.8 Å². The summed E-state index contributed by atoms with van der Waals surface area (Å²) in [6.07, 6.45) is 1.13. The Bertz CT molecular complexity index is 1310. The number of fused-ring (bicyclic) bond motifs is 3. The van der Waals surface area contributed by atoms with Gasteiger partial charge in [0, 0.05) is 17.5 Å². The molecule has 1 aromatic heterocycles. The Balaban J connectivity index is 1.54. The Kier molecular flexibility index (Phi) is 6.77. The van der Waals surface area contributed by atoms with Crippen molar-refractivity contribution in [3.05, 3.63) is 70.8 Å². The topological polar surface area (TPSA) is 91.5 Å². The van der Waals surface area contributed by atoms with Crippen LogP contribution >= 0.6 is 23.4 Å². The lowest BCUT2D eigenvalue weighted by Gasteiger charge is -2.50. The molecule has 0 amide bonds. The number of aromatic nitrogens is 2. The fourth-order valence-electron chi connectivity index (χ4n) is 4.95. The Hall–Kier alpha value is -2.21. The summed E-state index contributed by atoms with van der Waals surface area (Å²) in [7, 11) is -4.22. The minimum atomic E-state index is -4.22. The molecule has 2 aromatic carbocycles. The molecule has 7 nitrogen and oxygen atoms in total. The molecule has 2 aliphatic rings. The Labute approximate surface area is 210 Å². The van der Waals surface area contributed by atoms with Gasteiger partial charge in [0.15, 0.2) is 27.2 Å². The van der Waals surface area contributed by atoms with Crippen molar-refractivity contribution in [3.63, 3.8) is 0 Å². The van der Waals surface area contributed by atoms with Gasteiger partial charge in [0.05, 0.1) is 28.9 Å². The quantitative estimate of drug-likeness (QED) is 0.394. The van der Waals surface area contributed by atoms with E-state index in [2.05, 4.69) is 10.1 Å². The molecule has 5 rings (SSSR count). The van der Waals surface area contributed by atoms with E-state index in [1.165, 1.54) is 42.4 Å². The van der Waals surface area contributed by atoms with Crippen LogP contribution in [0.1, 0.15) is 24.2 Å². The van der Waals surface area contributed by atoms with Crippen molar-refractivity contribution < 1.29 is 31.2 Å². The van der Waals surface area contributed by atoms with Crippen LogP contribution in [0.5, 0.6) is 5.75 Å². The zero-order valence-electron chi connectivity index (χ0n) is 18.3. The number of ether oxygens (including phenoxy) is 2. The number of nitrogens with zero attached hydrogens (tertiary/aromatic N) is 2. The summed E-state index contributed by atoms with van der Waals surface area (Å²) in [6, 6.07) is 7.61. The van der Waals surface area contributed by atoms with Gasteiger partial charge in [0.1, 0.15) is 10.6 Å². The van der Waals surface area contributed by atoms with E-state index in [9.17, 15) is 12.8 Å². The second-order valence-corrected chi connectivity index (χ2v) is 12.1. The summed E-state index contributed by atoms with van der Waals surface area (Å²) in [5.41, 5.74) is -0.267. The average molecular weight is 543 g/mol. The number of hydrogen-bond acceptors (Lipinski definition) is 8. The lowest BCUT2D eigenvalue weighted by Crippen LogP contribution is -2.57. The van der Waals surface area contributed by atoms with Gasteiger partial charge in [0.2, 0.25) is 6.39 Å². The van der Waals surface area contributed by atoms with Crippen molar-refractivity contribution in [2.24, 2.45) is 5.92 Å². The van der Waals surface area contributed by atoms with Crippen LogP contribution in [0.4, 0.5) is 8.78 Å². The SMILES string of the molecule is O=S(=O)(c1ccc(Cl)cc1)[C@@]12CCO[C@@H](CCSCc3ncon3)[C@@H]1COc1c(F)ccc(F)c12. The third kappa shape index (κ3) is 4.22. The fraction of sp³-hybridized carbons (Fsp3) is 0.391. The number of thioether (sulfide) groups is 1. The van der Waals surface area contributed by atoms with Gasteiger partial charge in [-0.3, -0.25) is 0 Å². The minimum Gasteiger partial charge on any atom is -0.490 e. The molecule has 1 saturated heterocycles. The van der Waals surface area contributed by atoms with Gasteiger partial charge in [-0.05, 0) is 55.0 Å². The molecule has 3 atom stereocenters. The van der Waals surface area contributed by atoms with E-state index in [1.54, 1.807) is 0 Å². The van der Waals surface area contributed by atoms with E-state index in [1.807, 2.05) is 0 Å². The van der Waals surface area contributed by atoms with Crippen molar-refractivity contribution in [2.45, 2.75) is 34.3 Å². The molecular weight excluding hydrogens is 522 g/mol. The van der Waals surface area contributed by atoms with Gasteiger partial charge < -0.3 is 14.0 Å². The lowest BCUT2D eigenvalue weighted by molar-refractivity contribution is -0.0731. The normalized spacial score (nSPS) is 23.9. The second-order valence-electron chi connectivity index (χ2n) is 8.35. The number of sulfone groups is 1. The van der Waals surface area contributed by atoms with Gasteiger partial charge in [-0.1, -0.05) is 16.8 Å². The maximum absolute atomic E-state index is 15.4. The maximum Gasteiger partial charge on any atom is 0.213 e. The number of halogens is 3. The summed E-state index contributed by atoms with van der Waals surface area (Å²) in [6.45, 7) is -0.0563. The zero-order chi connectivity index (χ0) is 24.6. The summed E-state index contributed by atoms with van der Waals surface area (Å²) in [4.78, 5) is 3.96. The Morgan fingerprint density at radius 3 is 2.66 bits per heavy atom. The molecule has 3 aromatic rings. The van der Waals surface area contributed by atoms with E-state index >= 15 is 4.39 Å². The third-order valence-corrected chi connectivity index (χ3v) is 10.3. The van der Waals surface area contributed by atoms with Gasteiger partial charge in [-0.15, -0.1) is 0 Å². The molecule has 0 spiro atoms. The molecule has 12 heteroatoms. The maximum atomic E-state index is 15.4. The molecule has 186 valence electrons. The standard InChI is InChI=1S/C23H21ClF2N2O5S2/c24-14-1-3-15(4-2-14)35(29,30)23-8-9-31-19(7-10-34-12-20-27-13-33-28-20)16(23)11-32-22-18(26)6-5-17(25)21(22)23/h1-6,13,16,19H,7-12H2/t16-,19-,23-/m0/s1. The van der Waals surface area contributed by atoms with Crippen molar-refractivity contribution >= 4 is 33.2 Å². The van der Waals surface area contributed by atoms with Gasteiger partial charge >= 0.3 is 0 Å². The first-order valence-electron chi connectivity index (χ1n) is 10.9. The van der Waals surface area contributed by atoms with Gasteiger partial charge in [-0.25, -0.2) is 17.2 Å². The van der Waals surface area contributed by atoms with Crippen LogP contribution in [0.25, 0.3) is 0 Å². The van der Waals surface area contributed by atoms with E-state index < -0.39 is 38.2 Å². The zero-order valence-corrected chi connectivity index (χ0v) is 20.7. The summed E-state index contributed by atoms with van der Waals surface area (Å²) < 4.78 is 73.2. The van der Waals surface area contributed by atoms with Crippen LogP contribution < -0.4 is 4.74 Å². The van der Waals surface area contributed by atoms with E-state index in [0.717, 1.165) is 12.1 Å². The Morgan fingerprint density at radius 2 is 1.91 bits per heavy atom. The summed E-state index contributed by atoms with van der Waals surface area (Å²) in [5, 5.41) is 4.13. The van der Waals surface area contributed by atoms with E-state index in [-0.39, 0.29) is 35.8 Å². The predicted octanol–water partition coefficient (Wildman–Crippen LogP) is 4.79. The van der Waals surface area contributed by atoms with Crippen molar-refractivity contribution in [2.75, 3.05) is 19.0 Å². The number of rotatable bonds is 7. The van der Waals surface area contributed by atoms with Crippen LogP contribution in [0.3, 0.4) is 0 Å². The summed E-state index contributed by atoms with van der Waals surface area (Å²) in [5.74, 6) is -1.07. The first kappa shape index (κ1) is 24.5. The fourth-order valence-corrected chi connectivity index (χ4v) is 8.28. The van der Waals surface area contributed by atoms with Crippen molar-refractivity contribution in [1.82, 2.24) is 10.1 Å². The number of hydrogen-bond donors (Lipinski definition) is 0. The minimum absolute atomic E-state index is 0.0180. The molecule has 0 bridgehead atoms. The van der Waals surface area contributed by atoms with Crippen molar-refractivity contribution in [1.29, 1.82) is 0 Å². The molecule has 0 radical (unpaired) electrons. The van der Waals surface area contributed by atoms with E-state index in [4.69, 9.17) is 25.6 Å². The molecule has 1 fully saturated rings. The first-order chi connectivity index (χ1) is 16.8. The van der Waals surface area contributed by atoms with Crippen LogP contribution in [0, 0.1) is 17.6 Å². The predicted molar refractivity (Wildman–Crippen MR) is 125 cm³/mol. The Morgan fingerprint density at radius 1 is 1.14 bits per heavy atom. The van der Waals surface area contributed by atoms with Gasteiger partial charge in [0.25, 0.3) is 0 Å². The first-order valence-corrected chi connectivity index (χ1v) is 13.9. The highest BCUT2D eigenvalue weighted by atomic mass is 35.5. The van der Waals surface area contributed by atoms with Crippen molar-refractivity contribution in [3.8, 4) is 5.75 Å². The lowest BCUT2D eigenvalue weighted by atomic mass is 9.75. The highest BCUT2D eigenvalue weighted by Crippen LogP contribution is 2.56. The molecule has 3 heterocycles. The molecule has 0 unspecified atom stereocenters. The summed E-state index contributed by atoms with van der Waals surface area (Å²) >= 11 is 7.52. The highest BCUT2D eigenvalue weighted by molar-refractivity contribution is 7.98. The van der Waals surface area contributed by atoms with Crippen LogP contribution in [0.2, 0.25) is 5.02 Å². The van der Waals surface area contributed by atoms with Crippen LogP contribution in [0.15, 0.2) is 52.2 Å². The van der Waals surface area contributed by atoms with Crippen LogP contribution in [-0.2, 0) is 25.1 Å². The molecule has 35 heavy (non-hydrogen) atoms. The monoisotopic (exact) mass is 542 g/mol.